The maximum absolute atomic E-state index is 12.4. The van der Waals surface area contributed by atoms with E-state index in [9.17, 15) is 29.9 Å². The zero-order chi connectivity index (χ0) is 20.2. The lowest BCUT2D eigenvalue weighted by atomic mass is 9.84. The predicted octanol–water partition coefficient (Wildman–Crippen LogP) is 1.21. The second kappa shape index (κ2) is 10.0. The number of aliphatic hydroxyl groups is 4. The molecule has 0 spiro atoms. The molecule has 0 aliphatic heterocycles. The summed E-state index contributed by atoms with van der Waals surface area (Å²) in [5.74, 6) is -0.384. The molecule has 1 fully saturated rings. The second-order valence-electron chi connectivity index (χ2n) is 7.21. The highest BCUT2D eigenvalue weighted by atomic mass is 35.5. The Morgan fingerprint density at radius 1 is 1.15 bits per heavy atom. The fourth-order valence-electron chi connectivity index (χ4n) is 3.37. The van der Waals surface area contributed by atoms with Gasteiger partial charge in [0.2, 0.25) is 7.37 Å². The second-order valence-corrected chi connectivity index (χ2v) is 10.4. The molecule has 27 heavy (non-hydrogen) atoms. The molecule has 0 heterocycles. The van der Waals surface area contributed by atoms with E-state index in [0.29, 0.717) is 16.6 Å². The van der Waals surface area contributed by atoms with Gasteiger partial charge in [-0.1, -0.05) is 29.3 Å². The zero-order valence-electron chi connectivity index (χ0n) is 14.7. The molecule has 2 rings (SSSR count). The van der Waals surface area contributed by atoms with Gasteiger partial charge in [-0.25, -0.2) is 0 Å². The van der Waals surface area contributed by atoms with Gasteiger partial charge in [-0.3, -0.25) is 4.57 Å². The van der Waals surface area contributed by atoms with Crippen molar-refractivity contribution in [2.45, 2.75) is 43.8 Å². The van der Waals surface area contributed by atoms with Crippen molar-refractivity contribution in [3.8, 4) is 0 Å². The molecule has 1 aliphatic rings. The molecule has 10 heteroatoms. The van der Waals surface area contributed by atoms with Crippen LogP contribution in [-0.4, -0.2) is 68.6 Å². The van der Waals surface area contributed by atoms with Crippen LogP contribution in [0.4, 0.5) is 0 Å². The first kappa shape index (κ1) is 23.1. The van der Waals surface area contributed by atoms with Gasteiger partial charge in [0, 0.05) is 19.3 Å². The number of hydrogen-bond acceptors (Lipinski definition) is 6. The molecule has 0 bridgehead atoms. The lowest BCUT2D eigenvalue weighted by Gasteiger charge is -2.34. The van der Waals surface area contributed by atoms with E-state index < -0.39 is 31.8 Å². The minimum absolute atomic E-state index is 0.113. The van der Waals surface area contributed by atoms with Crippen LogP contribution in [0.3, 0.4) is 0 Å². The molecule has 1 aromatic rings. The first-order valence-electron chi connectivity index (χ1n) is 8.75. The molecule has 154 valence electrons. The van der Waals surface area contributed by atoms with Gasteiger partial charge in [0.05, 0.1) is 34.5 Å². The molecule has 0 amide bonds. The third-order valence-electron chi connectivity index (χ3n) is 4.67. The van der Waals surface area contributed by atoms with Gasteiger partial charge < -0.3 is 30.6 Å². The quantitative estimate of drug-likeness (QED) is 0.334. The first-order valence-corrected chi connectivity index (χ1v) is 11.5. The molecule has 4 unspecified atom stereocenters. The number of halogens is 2. The number of rotatable bonds is 8. The van der Waals surface area contributed by atoms with Gasteiger partial charge >= 0.3 is 0 Å². The Balaban J connectivity index is 1.77. The maximum Gasteiger partial charge on any atom is 0.203 e. The summed E-state index contributed by atoms with van der Waals surface area (Å²) >= 11 is 11.8. The minimum atomic E-state index is -3.65. The van der Waals surface area contributed by atoms with E-state index in [2.05, 4.69) is 5.32 Å². The summed E-state index contributed by atoms with van der Waals surface area (Å²) in [6.45, 7) is 0.544. The highest BCUT2D eigenvalue weighted by Crippen LogP contribution is 2.46. The van der Waals surface area contributed by atoms with Crippen molar-refractivity contribution in [2.24, 2.45) is 5.92 Å². The molecule has 1 aliphatic carbocycles. The lowest BCUT2D eigenvalue weighted by Crippen LogP contribution is -2.45. The van der Waals surface area contributed by atoms with Crippen molar-refractivity contribution < 1.29 is 29.9 Å². The standard InChI is InChI=1S/C17H26Cl2NO6P/c18-13-2-1-10(3-14(13)19)6-20-7-12(21)9-27(25,26)8-11-4-15(22)17(24)16(23)5-11/h1-3,11-12,15-17,20-24H,4-9H2,(H,25,26). The van der Waals surface area contributed by atoms with Crippen LogP contribution >= 0.6 is 30.6 Å². The van der Waals surface area contributed by atoms with Crippen LogP contribution in [0.15, 0.2) is 18.2 Å². The van der Waals surface area contributed by atoms with Crippen LogP contribution in [0.25, 0.3) is 0 Å². The fourth-order valence-corrected chi connectivity index (χ4v) is 5.73. The van der Waals surface area contributed by atoms with Crippen LogP contribution in [-0.2, 0) is 11.1 Å². The van der Waals surface area contributed by atoms with Gasteiger partial charge in [0.25, 0.3) is 0 Å². The minimum Gasteiger partial charge on any atom is -0.391 e. The van der Waals surface area contributed by atoms with E-state index in [1.165, 1.54) is 0 Å². The monoisotopic (exact) mass is 441 g/mol. The SMILES string of the molecule is O=P(O)(CC(O)CNCc1ccc(Cl)c(Cl)c1)CC1CC(O)C(O)C(O)C1. The van der Waals surface area contributed by atoms with Crippen LogP contribution < -0.4 is 5.32 Å². The van der Waals surface area contributed by atoms with Crippen molar-refractivity contribution in [3.05, 3.63) is 33.8 Å². The van der Waals surface area contributed by atoms with E-state index in [0.717, 1.165) is 5.56 Å². The Morgan fingerprint density at radius 2 is 1.78 bits per heavy atom. The lowest BCUT2D eigenvalue weighted by molar-refractivity contribution is -0.0971. The molecule has 0 aromatic heterocycles. The Morgan fingerprint density at radius 3 is 2.37 bits per heavy atom. The van der Waals surface area contributed by atoms with Gasteiger partial charge in [-0.05, 0) is 36.5 Å². The van der Waals surface area contributed by atoms with E-state index in [-0.39, 0.29) is 37.6 Å². The number of benzene rings is 1. The smallest absolute Gasteiger partial charge is 0.203 e. The summed E-state index contributed by atoms with van der Waals surface area (Å²) in [4.78, 5) is 10.2. The normalized spacial score (nSPS) is 29.3. The Bertz CT molecular complexity index is 667. The molecule has 1 saturated carbocycles. The number of hydrogen-bond donors (Lipinski definition) is 6. The first-order chi connectivity index (χ1) is 12.6. The maximum atomic E-state index is 12.4. The van der Waals surface area contributed by atoms with E-state index in [1.807, 2.05) is 0 Å². The van der Waals surface area contributed by atoms with Crippen molar-refractivity contribution in [2.75, 3.05) is 18.9 Å². The van der Waals surface area contributed by atoms with Crippen molar-refractivity contribution in [1.29, 1.82) is 0 Å². The highest BCUT2D eigenvalue weighted by Gasteiger charge is 2.38. The molecule has 0 radical (unpaired) electrons. The van der Waals surface area contributed by atoms with Crippen molar-refractivity contribution in [1.82, 2.24) is 5.32 Å². The summed E-state index contributed by atoms with van der Waals surface area (Å²) < 4.78 is 12.4. The third-order valence-corrected chi connectivity index (χ3v) is 7.49. The van der Waals surface area contributed by atoms with Gasteiger partial charge in [0.15, 0.2) is 0 Å². The molecule has 6 N–H and O–H groups in total. The molecule has 0 saturated heterocycles. The topological polar surface area (TPSA) is 130 Å². The van der Waals surface area contributed by atoms with E-state index in [4.69, 9.17) is 23.2 Å². The predicted molar refractivity (Wildman–Crippen MR) is 104 cm³/mol. The summed E-state index contributed by atoms with van der Waals surface area (Å²) in [5, 5.41) is 42.9. The molecular formula is C17H26Cl2NO6P. The molecule has 4 atom stereocenters. The van der Waals surface area contributed by atoms with Gasteiger partial charge in [-0.15, -0.1) is 0 Å². The highest BCUT2D eigenvalue weighted by molar-refractivity contribution is 7.58. The van der Waals surface area contributed by atoms with Crippen molar-refractivity contribution in [3.63, 3.8) is 0 Å². The van der Waals surface area contributed by atoms with Gasteiger partial charge in [-0.2, -0.15) is 0 Å². The summed E-state index contributed by atoms with van der Waals surface area (Å²) in [6.07, 6.45) is -4.58. The van der Waals surface area contributed by atoms with Gasteiger partial charge in [0.1, 0.15) is 6.10 Å². The Kier molecular flexibility index (Phi) is 8.55. The molecule has 7 nitrogen and oxygen atoms in total. The number of aliphatic hydroxyl groups excluding tert-OH is 4. The Hall–Kier alpha value is -0.210. The summed E-state index contributed by atoms with van der Waals surface area (Å²) in [5.41, 5.74) is 0.868. The fraction of sp³-hybridized carbons (Fsp3) is 0.647. The third kappa shape index (κ3) is 7.28. The van der Waals surface area contributed by atoms with Crippen LogP contribution in [0, 0.1) is 5.92 Å². The van der Waals surface area contributed by atoms with E-state index in [1.54, 1.807) is 18.2 Å². The summed E-state index contributed by atoms with van der Waals surface area (Å²) in [6, 6.07) is 5.16. The summed E-state index contributed by atoms with van der Waals surface area (Å²) in [7, 11) is -3.65. The van der Waals surface area contributed by atoms with Crippen LogP contribution in [0.1, 0.15) is 18.4 Å². The van der Waals surface area contributed by atoms with Crippen molar-refractivity contribution >= 4 is 30.6 Å². The largest absolute Gasteiger partial charge is 0.391 e. The average molecular weight is 442 g/mol. The average Bonchev–Trinajstić information content (AvgIpc) is 2.55. The van der Waals surface area contributed by atoms with Crippen LogP contribution in [0.5, 0.6) is 0 Å². The van der Waals surface area contributed by atoms with Crippen LogP contribution in [0.2, 0.25) is 10.0 Å². The Labute approximate surface area is 168 Å². The zero-order valence-corrected chi connectivity index (χ0v) is 17.1. The number of nitrogens with one attached hydrogen (secondary N) is 1. The molecular weight excluding hydrogens is 416 g/mol. The molecule has 1 aromatic carbocycles. The van der Waals surface area contributed by atoms with E-state index >= 15 is 0 Å².